The molecule has 27 heavy (non-hydrogen) atoms. The van der Waals surface area contributed by atoms with Crippen molar-refractivity contribution in [2.75, 3.05) is 13.1 Å². The minimum Gasteiger partial charge on any atom is -0.461 e. The summed E-state index contributed by atoms with van der Waals surface area (Å²) in [6.07, 6.45) is 5.80. The van der Waals surface area contributed by atoms with Crippen LogP contribution in [0.1, 0.15) is 47.6 Å². The average molecular weight is 363 g/mol. The van der Waals surface area contributed by atoms with E-state index in [4.69, 9.17) is 4.42 Å². The second-order valence-corrected chi connectivity index (χ2v) is 7.10. The van der Waals surface area contributed by atoms with E-state index in [2.05, 4.69) is 16.5 Å². The van der Waals surface area contributed by atoms with Gasteiger partial charge in [0.2, 0.25) is 0 Å². The highest BCUT2D eigenvalue weighted by Gasteiger charge is 2.29. The number of rotatable bonds is 4. The largest absolute Gasteiger partial charge is 0.461 e. The normalized spacial score (nSPS) is 15.3. The number of hydrogen-bond acceptors (Lipinski definition) is 3. The first kappa shape index (κ1) is 17.6. The number of nitrogens with zero attached hydrogens (tertiary/aromatic N) is 3. The number of aryl methyl sites for hydroxylation is 2. The van der Waals surface area contributed by atoms with Crippen LogP contribution in [0.5, 0.6) is 0 Å². The lowest BCUT2D eigenvalue weighted by Gasteiger charge is -2.31. The fraction of sp³-hybridized carbons (Fsp3) is 0.364. The molecule has 2 aromatic heterocycles. The Bertz CT molecular complexity index is 918. The number of amides is 1. The topological polar surface area (TPSA) is 51.3 Å². The Hall–Kier alpha value is -2.82. The van der Waals surface area contributed by atoms with Crippen LogP contribution in [-0.2, 0) is 6.54 Å². The first-order chi connectivity index (χ1) is 13.2. The quantitative estimate of drug-likeness (QED) is 0.686. The first-order valence-electron chi connectivity index (χ1n) is 9.63. The third-order valence-corrected chi connectivity index (χ3v) is 5.36. The molecule has 1 aromatic carbocycles. The third-order valence-electron chi connectivity index (χ3n) is 5.36. The van der Waals surface area contributed by atoms with Gasteiger partial charge in [0.25, 0.3) is 5.91 Å². The molecule has 3 aromatic rings. The van der Waals surface area contributed by atoms with E-state index >= 15 is 0 Å². The summed E-state index contributed by atoms with van der Waals surface area (Å²) in [7, 11) is 0. The smallest absolute Gasteiger partial charge is 0.257 e. The van der Waals surface area contributed by atoms with E-state index < -0.39 is 0 Å². The van der Waals surface area contributed by atoms with Crippen LogP contribution in [0.25, 0.3) is 11.3 Å². The van der Waals surface area contributed by atoms with Crippen LogP contribution < -0.4 is 0 Å². The number of furan rings is 1. The molecule has 1 amide bonds. The molecule has 1 aliphatic heterocycles. The summed E-state index contributed by atoms with van der Waals surface area (Å²) in [5.74, 6) is 3.05. The van der Waals surface area contributed by atoms with E-state index in [0.29, 0.717) is 17.2 Å². The number of likely N-dealkylation sites (tertiary alicyclic amines) is 1. The van der Waals surface area contributed by atoms with E-state index in [1.165, 1.54) is 0 Å². The van der Waals surface area contributed by atoms with Crippen LogP contribution in [0.3, 0.4) is 0 Å². The zero-order valence-electron chi connectivity index (χ0n) is 15.9. The fourth-order valence-corrected chi connectivity index (χ4v) is 3.94. The van der Waals surface area contributed by atoms with Crippen molar-refractivity contribution in [3.63, 3.8) is 0 Å². The molecule has 0 saturated carbocycles. The van der Waals surface area contributed by atoms with Crippen molar-refractivity contribution in [3.05, 3.63) is 65.9 Å². The summed E-state index contributed by atoms with van der Waals surface area (Å²) < 4.78 is 8.07. The number of hydrogen-bond donors (Lipinski definition) is 0. The van der Waals surface area contributed by atoms with Gasteiger partial charge in [-0.3, -0.25) is 4.79 Å². The zero-order valence-corrected chi connectivity index (χ0v) is 15.9. The van der Waals surface area contributed by atoms with Gasteiger partial charge in [-0.15, -0.1) is 0 Å². The first-order valence-corrected chi connectivity index (χ1v) is 9.63. The summed E-state index contributed by atoms with van der Waals surface area (Å²) in [6.45, 7) is 6.45. The molecule has 1 fully saturated rings. The van der Waals surface area contributed by atoms with Crippen LogP contribution in [0.4, 0.5) is 0 Å². The lowest BCUT2D eigenvalue weighted by Crippen LogP contribution is -2.38. The van der Waals surface area contributed by atoms with Crippen molar-refractivity contribution >= 4 is 5.91 Å². The van der Waals surface area contributed by atoms with Gasteiger partial charge in [0.1, 0.15) is 17.3 Å². The van der Waals surface area contributed by atoms with E-state index in [1.807, 2.05) is 60.6 Å². The fourth-order valence-electron chi connectivity index (χ4n) is 3.94. The molecule has 3 heterocycles. The molecule has 1 saturated heterocycles. The minimum atomic E-state index is 0.0583. The van der Waals surface area contributed by atoms with Crippen molar-refractivity contribution in [1.82, 2.24) is 14.5 Å². The predicted octanol–water partition coefficient (Wildman–Crippen LogP) is 4.49. The van der Waals surface area contributed by atoms with Crippen molar-refractivity contribution < 1.29 is 9.21 Å². The maximum atomic E-state index is 13.2. The average Bonchev–Trinajstić information content (AvgIpc) is 3.34. The van der Waals surface area contributed by atoms with Crippen molar-refractivity contribution in [1.29, 1.82) is 0 Å². The lowest BCUT2D eigenvalue weighted by molar-refractivity contribution is 0.0710. The Balaban J connectivity index is 1.51. The molecule has 5 nitrogen and oxygen atoms in total. The van der Waals surface area contributed by atoms with Gasteiger partial charge >= 0.3 is 0 Å². The Labute approximate surface area is 159 Å². The molecule has 0 bridgehead atoms. The van der Waals surface area contributed by atoms with Gasteiger partial charge < -0.3 is 13.9 Å². The molecule has 0 spiro atoms. The standard InChI is InChI=1S/C22H25N3O2/c1-3-24-14-11-23-21(24)18-9-12-25(13-10-18)22(26)19-15-16(2)27-20(19)17-7-5-4-6-8-17/h4-8,11,14-15,18H,3,9-10,12-13H2,1-2H3. The summed E-state index contributed by atoms with van der Waals surface area (Å²) in [5, 5.41) is 0. The molecule has 140 valence electrons. The summed E-state index contributed by atoms with van der Waals surface area (Å²) in [4.78, 5) is 19.7. The molecule has 0 atom stereocenters. The summed E-state index contributed by atoms with van der Waals surface area (Å²) in [6, 6.07) is 11.7. The van der Waals surface area contributed by atoms with Crippen LogP contribution in [0, 0.1) is 6.92 Å². The second kappa shape index (κ2) is 7.43. The molecule has 5 heteroatoms. The molecule has 0 N–H and O–H groups in total. The summed E-state index contributed by atoms with van der Waals surface area (Å²) >= 11 is 0. The SMILES string of the molecule is CCn1ccnc1C1CCN(C(=O)c2cc(C)oc2-c2ccccc2)CC1. The molecule has 0 unspecified atom stereocenters. The number of aromatic nitrogens is 2. The number of imidazole rings is 1. The third kappa shape index (κ3) is 3.42. The Morgan fingerprint density at radius 3 is 2.67 bits per heavy atom. The van der Waals surface area contributed by atoms with Gasteiger partial charge in [0.05, 0.1) is 5.56 Å². The maximum absolute atomic E-state index is 13.2. The summed E-state index contributed by atoms with van der Waals surface area (Å²) in [5.41, 5.74) is 1.60. The number of piperidine rings is 1. The van der Waals surface area contributed by atoms with E-state index in [0.717, 1.165) is 49.6 Å². The Kier molecular flexibility index (Phi) is 4.84. The maximum Gasteiger partial charge on any atom is 0.257 e. The Morgan fingerprint density at radius 1 is 1.22 bits per heavy atom. The van der Waals surface area contributed by atoms with Crippen LogP contribution in [-0.4, -0.2) is 33.4 Å². The monoisotopic (exact) mass is 363 g/mol. The minimum absolute atomic E-state index is 0.0583. The molecule has 0 radical (unpaired) electrons. The molecule has 1 aliphatic rings. The highest BCUT2D eigenvalue weighted by atomic mass is 16.3. The van der Waals surface area contributed by atoms with E-state index in [9.17, 15) is 4.79 Å². The van der Waals surface area contributed by atoms with Gasteiger partial charge in [-0.05, 0) is 32.8 Å². The van der Waals surface area contributed by atoms with E-state index in [-0.39, 0.29) is 5.91 Å². The van der Waals surface area contributed by atoms with Gasteiger partial charge in [-0.1, -0.05) is 30.3 Å². The van der Waals surface area contributed by atoms with Gasteiger partial charge in [-0.25, -0.2) is 4.98 Å². The van der Waals surface area contributed by atoms with Crippen molar-refractivity contribution in [2.24, 2.45) is 0 Å². The molecular weight excluding hydrogens is 338 g/mol. The number of carbonyl (C=O) groups excluding carboxylic acids is 1. The van der Waals surface area contributed by atoms with Crippen molar-refractivity contribution in [2.45, 2.75) is 39.2 Å². The Morgan fingerprint density at radius 2 is 1.96 bits per heavy atom. The van der Waals surface area contributed by atoms with Crippen LogP contribution in [0.2, 0.25) is 0 Å². The molecule has 0 aliphatic carbocycles. The highest BCUT2D eigenvalue weighted by molar-refractivity contribution is 5.99. The van der Waals surface area contributed by atoms with Crippen LogP contribution in [0.15, 0.2) is 53.2 Å². The van der Waals surface area contributed by atoms with Gasteiger partial charge in [0, 0.05) is 43.5 Å². The number of benzene rings is 1. The van der Waals surface area contributed by atoms with E-state index in [1.54, 1.807) is 0 Å². The number of carbonyl (C=O) groups is 1. The second-order valence-electron chi connectivity index (χ2n) is 7.10. The lowest BCUT2D eigenvalue weighted by atomic mass is 9.95. The predicted molar refractivity (Wildman–Crippen MR) is 105 cm³/mol. The van der Waals surface area contributed by atoms with Gasteiger partial charge in [-0.2, -0.15) is 0 Å². The zero-order chi connectivity index (χ0) is 18.8. The molecule has 4 rings (SSSR count). The van der Waals surface area contributed by atoms with Gasteiger partial charge in [0.15, 0.2) is 0 Å². The molecular formula is C22H25N3O2. The van der Waals surface area contributed by atoms with Crippen molar-refractivity contribution in [3.8, 4) is 11.3 Å². The highest BCUT2D eigenvalue weighted by Crippen LogP contribution is 2.31. The van der Waals surface area contributed by atoms with Crippen LogP contribution >= 0.6 is 0 Å².